The lowest BCUT2D eigenvalue weighted by atomic mass is 10.1. The third-order valence-electron chi connectivity index (χ3n) is 5.17. The Morgan fingerprint density at radius 2 is 1.79 bits per heavy atom. The first-order valence-electron chi connectivity index (χ1n) is 11.2. The molecule has 3 rings (SSSR count). The van der Waals surface area contributed by atoms with Gasteiger partial charge in [0.15, 0.2) is 11.5 Å². The Kier molecular flexibility index (Phi) is 8.67. The first-order valence-corrected chi connectivity index (χ1v) is 12.5. The Bertz CT molecular complexity index is 1190. The number of carbonyl (C=O) groups excluding carboxylic acids is 1. The number of nitrogens with one attached hydrogen (secondary N) is 1. The maximum atomic E-state index is 12.9. The minimum atomic E-state index is -1.08. The fourth-order valence-electron chi connectivity index (χ4n) is 3.27. The number of ketones is 1. The minimum absolute atomic E-state index is 0.0255. The van der Waals surface area contributed by atoms with Gasteiger partial charge in [0.2, 0.25) is 5.78 Å². The number of rotatable bonds is 10. The average Bonchev–Trinajstić information content (AvgIpc) is 2.84. The van der Waals surface area contributed by atoms with Crippen LogP contribution in [-0.4, -0.2) is 31.8 Å². The molecule has 3 aromatic rings. The van der Waals surface area contributed by atoms with Crippen molar-refractivity contribution in [3.05, 3.63) is 77.6 Å². The van der Waals surface area contributed by atoms with Gasteiger partial charge in [0.05, 0.1) is 22.7 Å². The SMILES string of the molecule is CCCNCc1ccc(/C(N)=C/C(=O)c2nc(-c3ccc(S(=O)C(C)C)cc3)cnc2N)cc1. The predicted molar refractivity (Wildman–Crippen MR) is 138 cm³/mol. The van der Waals surface area contributed by atoms with Crippen LogP contribution < -0.4 is 16.8 Å². The van der Waals surface area contributed by atoms with Crippen LogP contribution in [0.15, 0.2) is 65.7 Å². The van der Waals surface area contributed by atoms with Gasteiger partial charge in [0.25, 0.3) is 0 Å². The normalized spacial score (nSPS) is 12.6. The molecular weight excluding hydrogens is 446 g/mol. The Morgan fingerprint density at radius 3 is 2.41 bits per heavy atom. The maximum Gasteiger partial charge on any atom is 0.210 e. The number of allylic oxidation sites excluding steroid dienone is 1. The lowest BCUT2D eigenvalue weighted by molar-refractivity contribution is 0.104. The molecule has 0 saturated heterocycles. The molecule has 0 aliphatic carbocycles. The van der Waals surface area contributed by atoms with Crippen LogP contribution in [0.1, 0.15) is 48.8 Å². The molecule has 0 aliphatic rings. The molecule has 7 nitrogen and oxygen atoms in total. The summed E-state index contributed by atoms with van der Waals surface area (Å²) >= 11 is 0. The van der Waals surface area contributed by atoms with Crippen molar-refractivity contribution in [2.45, 2.75) is 43.9 Å². The summed E-state index contributed by atoms with van der Waals surface area (Å²) in [5, 5.41) is 3.37. The Morgan fingerprint density at radius 1 is 1.12 bits per heavy atom. The zero-order valence-electron chi connectivity index (χ0n) is 19.7. The molecule has 1 atom stereocenters. The van der Waals surface area contributed by atoms with E-state index in [1.165, 1.54) is 12.3 Å². The smallest absolute Gasteiger partial charge is 0.210 e. The van der Waals surface area contributed by atoms with E-state index in [1.54, 1.807) is 12.1 Å². The fraction of sp³-hybridized carbons (Fsp3) is 0.269. The molecule has 8 heteroatoms. The van der Waals surface area contributed by atoms with E-state index in [0.29, 0.717) is 11.4 Å². The molecule has 5 N–H and O–H groups in total. The van der Waals surface area contributed by atoms with Crippen molar-refractivity contribution >= 4 is 28.1 Å². The summed E-state index contributed by atoms with van der Waals surface area (Å²) < 4.78 is 12.3. The van der Waals surface area contributed by atoms with Gasteiger partial charge in [-0.25, -0.2) is 9.97 Å². The van der Waals surface area contributed by atoms with E-state index in [4.69, 9.17) is 11.5 Å². The molecule has 0 radical (unpaired) electrons. The summed E-state index contributed by atoms with van der Waals surface area (Å²) in [4.78, 5) is 22.2. The van der Waals surface area contributed by atoms with Gasteiger partial charge in [0, 0.05) is 34.0 Å². The highest BCUT2D eigenvalue weighted by Crippen LogP contribution is 2.22. The van der Waals surface area contributed by atoms with Crippen molar-refractivity contribution in [2.24, 2.45) is 5.73 Å². The third kappa shape index (κ3) is 6.36. The molecule has 0 fully saturated rings. The van der Waals surface area contributed by atoms with E-state index in [0.717, 1.165) is 41.1 Å². The van der Waals surface area contributed by atoms with Crippen molar-refractivity contribution in [3.63, 3.8) is 0 Å². The van der Waals surface area contributed by atoms with Gasteiger partial charge in [-0.05, 0) is 36.2 Å². The number of aromatic nitrogens is 2. The minimum Gasteiger partial charge on any atom is -0.398 e. The highest BCUT2D eigenvalue weighted by Gasteiger charge is 2.15. The monoisotopic (exact) mass is 477 g/mol. The molecule has 0 spiro atoms. The molecule has 0 aliphatic heterocycles. The van der Waals surface area contributed by atoms with Gasteiger partial charge in [0.1, 0.15) is 0 Å². The van der Waals surface area contributed by atoms with Crippen molar-refractivity contribution in [2.75, 3.05) is 12.3 Å². The van der Waals surface area contributed by atoms with Crippen LogP contribution >= 0.6 is 0 Å². The quantitative estimate of drug-likeness (QED) is 0.230. The van der Waals surface area contributed by atoms with Gasteiger partial charge in [-0.3, -0.25) is 9.00 Å². The van der Waals surface area contributed by atoms with Gasteiger partial charge in [-0.2, -0.15) is 0 Å². The molecule has 2 aromatic carbocycles. The molecule has 0 amide bonds. The lowest BCUT2D eigenvalue weighted by Gasteiger charge is -2.08. The number of hydrogen-bond donors (Lipinski definition) is 3. The fourth-order valence-corrected chi connectivity index (χ4v) is 4.22. The van der Waals surface area contributed by atoms with Crippen LogP contribution in [0.4, 0.5) is 5.82 Å². The second-order valence-electron chi connectivity index (χ2n) is 8.20. The maximum absolute atomic E-state index is 12.9. The van der Waals surface area contributed by atoms with Crippen molar-refractivity contribution in [3.8, 4) is 11.3 Å². The van der Waals surface area contributed by atoms with Gasteiger partial charge in [-0.15, -0.1) is 0 Å². The Balaban J connectivity index is 1.79. The van der Waals surface area contributed by atoms with Crippen LogP contribution in [0.2, 0.25) is 0 Å². The van der Waals surface area contributed by atoms with E-state index in [1.807, 2.05) is 50.2 Å². The molecule has 1 unspecified atom stereocenters. The third-order valence-corrected chi connectivity index (χ3v) is 6.77. The van der Waals surface area contributed by atoms with Crippen LogP contribution in [0.25, 0.3) is 17.0 Å². The zero-order valence-corrected chi connectivity index (χ0v) is 20.6. The van der Waals surface area contributed by atoms with Gasteiger partial charge in [-0.1, -0.05) is 57.2 Å². The molecule has 0 saturated carbocycles. The predicted octanol–water partition coefficient (Wildman–Crippen LogP) is 3.92. The van der Waals surface area contributed by atoms with E-state index in [9.17, 15) is 9.00 Å². The summed E-state index contributed by atoms with van der Waals surface area (Å²) in [5.41, 5.74) is 15.6. The zero-order chi connectivity index (χ0) is 24.7. The van der Waals surface area contributed by atoms with Crippen LogP contribution in [0, 0.1) is 0 Å². The van der Waals surface area contributed by atoms with Crippen LogP contribution in [-0.2, 0) is 17.3 Å². The van der Waals surface area contributed by atoms with E-state index >= 15 is 0 Å². The molecule has 1 heterocycles. The number of nitrogens with zero attached hydrogens (tertiary/aromatic N) is 2. The van der Waals surface area contributed by atoms with Crippen LogP contribution in [0.3, 0.4) is 0 Å². The summed E-state index contributed by atoms with van der Waals surface area (Å²) in [7, 11) is -1.08. The molecule has 1 aromatic heterocycles. The van der Waals surface area contributed by atoms with Crippen molar-refractivity contribution < 1.29 is 9.00 Å². The standard InChI is InChI=1S/C26H31N5O2S/c1-4-13-29-15-18-5-7-19(8-6-18)22(27)14-24(32)25-26(28)30-16-23(31-25)20-9-11-21(12-10-20)34(33)17(2)3/h5-12,14,16-17,29H,4,13,15,27H2,1-3H3,(H2,28,30)/b22-14-. The molecule has 178 valence electrons. The number of hydrogen-bond acceptors (Lipinski definition) is 7. The number of nitrogens with two attached hydrogens (primary N) is 2. The summed E-state index contributed by atoms with van der Waals surface area (Å²) in [5.74, 6) is -0.386. The van der Waals surface area contributed by atoms with Crippen molar-refractivity contribution in [1.29, 1.82) is 0 Å². The molecular formula is C26H31N5O2S. The number of nitrogen functional groups attached to an aromatic ring is 1. The average molecular weight is 478 g/mol. The highest BCUT2D eigenvalue weighted by molar-refractivity contribution is 7.85. The second-order valence-corrected chi connectivity index (χ2v) is 10.2. The highest BCUT2D eigenvalue weighted by atomic mass is 32.2. The van der Waals surface area contributed by atoms with Crippen molar-refractivity contribution in [1.82, 2.24) is 15.3 Å². The first-order chi connectivity index (χ1) is 16.3. The molecule has 34 heavy (non-hydrogen) atoms. The topological polar surface area (TPSA) is 124 Å². The number of anilines is 1. The first kappa shape index (κ1) is 25.3. The van der Waals surface area contributed by atoms with Gasteiger partial charge < -0.3 is 16.8 Å². The Hall–Kier alpha value is -3.36. The van der Waals surface area contributed by atoms with Gasteiger partial charge >= 0.3 is 0 Å². The lowest BCUT2D eigenvalue weighted by Crippen LogP contribution is -2.13. The summed E-state index contributed by atoms with van der Waals surface area (Å²) in [6.07, 6.45) is 3.91. The Labute approximate surface area is 203 Å². The van der Waals surface area contributed by atoms with E-state index in [2.05, 4.69) is 22.2 Å². The van der Waals surface area contributed by atoms with E-state index < -0.39 is 16.6 Å². The number of benzene rings is 2. The summed E-state index contributed by atoms with van der Waals surface area (Å²) in [6, 6.07) is 14.9. The number of carbonyl (C=O) groups is 1. The molecule has 0 bridgehead atoms. The summed E-state index contributed by atoms with van der Waals surface area (Å²) in [6.45, 7) is 7.68. The van der Waals surface area contributed by atoms with E-state index in [-0.39, 0.29) is 16.8 Å². The van der Waals surface area contributed by atoms with Crippen LogP contribution in [0.5, 0.6) is 0 Å². The second kappa shape index (κ2) is 11.7. The largest absolute Gasteiger partial charge is 0.398 e.